The Balaban J connectivity index is 1.96. The summed E-state index contributed by atoms with van der Waals surface area (Å²) in [4.78, 5) is 3.99. The molecule has 0 radical (unpaired) electrons. The number of hydrogen-bond donors (Lipinski definition) is 1. The normalized spacial score (nSPS) is 10.7. The summed E-state index contributed by atoms with van der Waals surface area (Å²) in [6.45, 7) is 0.316. The van der Waals surface area contributed by atoms with Gasteiger partial charge in [0, 0.05) is 17.5 Å². The summed E-state index contributed by atoms with van der Waals surface area (Å²) in [5.74, 6) is -0.193. The summed E-state index contributed by atoms with van der Waals surface area (Å²) in [6, 6.07) is 15.2. The lowest BCUT2D eigenvalue weighted by molar-refractivity contribution is 0.307. The lowest BCUT2D eigenvalue weighted by Gasteiger charge is -2.09. The number of halogens is 1. The molecule has 100 valence electrons. The van der Waals surface area contributed by atoms with Gasteiger partial charge in [-0.2, -0.15) is 0 Å². The van der Waals surface area contributed by atoms with Gasteiger partial charge in [0.2, 0.25) is 5.88 Å². The van der Waals surface area contributed by atoms with Gasteiger partial charge in [0.1, 0.15) is 23.7 Å². The fourth-order valence-corrected chi connectivity index (χ4v) is 2.00. The Hall–Kier alpha value is -2.62. The predicted molar refractivity (Wildman–Crippen MR) is 74.1 cm³/mol. The van der Waals surface area contributed by atoms with Gasteiger partial charge in [0.25, 0.3) is 0 Å². The van der Waals surface area contributed by atoms with E-state index in [0.717, 1.165) is 5.56 Å². The second kappa shape index (κ2) is 5.17. The van der Waals surface area contributed by atoms with Crippen LogP contribution in [-0.2, 0) is 6.61 Å². The van der Waals surface area contributed by atoms with Gasteiger partial charge < -0.3 is 9.84 Å². The summed E-state index contributed by atoms with van der Waals surface area (Å²) < 4.78 is 19.2. The molecule has 20 heavy (non-hydrogen) atoms. The number of rotatable bonds is 3. The van der Waals surface area contributed by atoms with Crippen LogP contribution in [0.4, 0.5) is 4.39 Å². The van der Waals surface area contributed by atoms with Crippen molar-refractivity contribution in [1.82, 2.24) is 4.98 Å². The van der Waals surface area contributed by atoms with Crippen LogP contribution in [0, 0.1) is 5.82 Å². The largest absolute Gasteiger partial charge is 0.493 e. The summed E-state index contributed by atoms with van der Waals surface area (Å²) in [5, 5.41) is 10.0. The molecule has 0 fully saturated rings. The average Bonchev–Trinajstić information content (AvgIpc) is 2.46. The number of nitrogens with zero attached hydrogens (tertiary/aromatic N) is 1. The van der Waals surface area contributed by atoms with E-state index in [-0.39, 0.29) is 5.88 Å². The maximum atomic E-state index is 13.6. The van der Waals surface area contributed by atoms with E-state index in [1.807, 2.05) is 30.3 Å². The highest BCUT2D eigenvalue weighted by molar-refractivity contribution is 5.85. The van der Waals surface area contributed by atoms with Crippen LogP contribution in [0.2, 0.25) is 0 Å². The first kappa shape index (κ1) is 12.4. The molecule has 0 aliphatic heterocycles. The van der Waals surface area contributed by atoms with Crippen LogP contribution in [0.5, 0.6) is 11.6 Å². The second-order valence-corrected chi connectivity index (χ2v) is 4.42. The topological polar surface area (TPSA) is 42.4 Å². The molecule has 3 nitrogen and oxygen atoms in total. The molecule has 0 aliphatic rings. The minimum Gasteiger partial charge on any atom is -0.493 e. The van der Waals surface area contributed by atoms with Gasteiger partial charge in [-0.05, 0) is 17.7 Å². The number of hydrogen-bond acceptors (Lipinski definition) is 3. The van der Waals surface area contributed by atoms with E-state index in [9.17, 15) is 9.50 Å². The smallest absolute Gasteiger partial charge is 0.211 e. The summed E-state index contributed by atoms with van der Waals surface area (Å²) in [5.41, 5.74) is 1.42. The lowest BCUT2D eigenvalue weighted by Crippen LogP contribution is -1.97. The standard InChI is InChI=1S/C16H12FNO2/c17-13-8-12-6-7-15(19)18-16(12)14(9-13)20-10-11-4-2-1-3-5-11/h1-9H,10H2,(H,18,19). The fraction of sp³-hybridized carbons (Fsp3) is 0.0625. The first-order valence-corrected chi connectivity index (χ1v) is 6.18. The van der Waals surface area contributed by atoms with Crippen molar-refractivity contribution in [3.63, 3.8) is 0 Å². The van der Waals surface area contributed by atoms with E-state index in [1.54, 1.807) is 6.07 Å². The van der Waals surface area contributed by atoms with Gasteiger partial charge in [0.15, 0.2) is 0 Å². The first-order chi connectivity index (χ1) is 9.72. The predicted octanol–water partition coefficient (Wildman–Crippen LogP) is 3.66. The maximum Gasteiger partial charge on any atom is 0.211 e. The Kier molecular flexibility index (Phi) is 3.21. The molecule has 2 aromatic carbocycles. The molecule has 0 aliphatic carbocycles. The van der Waals surface area contributed by atoms with Crippen molar-refractivity contribution >= 4 is 10.9 Å². The molecule has 3 aromatic rings. The van der Waals surface area contributed by atoms with Crippen LogP contribution in [0.3, 0.4) is 0 Å². The van der Waals surface area contributed by atoms with Gasteiger partial charge in [-0.1, -0.05) is 30.3 Å². The van der Waals surface area contributed by atoms with E-state index in [1.165, 1.54) is 18.2 Å². The van der Waals surface area contributed by atoms with E-state index < -0.39 is 5.82 Å². The number of ether oxygens (including phenoxy) is 1. The van der Waals surface area contributed by atoms with E-state index in [0.29, 0.717) is 23.3 Å². The minimum atomic E-state index is -0.395. The molecule has 0 saturated heterocycles. The number of benzene rings is 2. The van der Waals surface area contributed by atoms with Crippen molar-refractivity contribution in [3.8, 4) is 11.6 Å². The van der Waals surface area contributed by atoms with Crippen LogP contribution in [0.1, 0.15) is 5.56 Å². The zero-order valence-electron chi connectivity index (χ0n) is 10.6. The van der Waals surface area contributed by atoms with Crippen molar-refractivity contribution in [1.29, 1.82) is 0 Å². The van der Waals surface area contributed by atoms with Crippen LogP contribution in [0.25, 0.3) is 10.9 Å². The molecule has 0 amide bonds. The molecule has 1 heterocycles. The van der Waals surface area contributed by atoms with E-state index in [2.05, 4.69) is 4.98 Å². The van der Waals surface area contributed by atoms with E-state index >= 15 is 0 Å². The van der Waals surface area contributed by atoms with Gasteiger partial charge in [-0.25, -0.2) is 9.37 Å². The molecule has 0 saturated carbocycles. The fourth-order valence-electron chi connectivity index (χ4n) is 2.00. The van der Waals surface area contributed by atoms with Crippen molar-refractivity contribution in [2.75, 3.05) is 0 Å². The van der Waals surface area contributed by atoms with Gasteiger partial charge >= 0.3 is 0 Å². The van der Waals surface area contributed by atoms with Crippen molar-refractivity contribution in [2.24, 2.45) is 0 Å². The Bertz CT molecular complexity index is 744. The molecular weight excluding hydrogens is 257 g/mol. The zero-order chi connectivity index (χ0) is 13.9. The molecule has 0 unspecified atom stereocenters. The number of aromatic hydroxyl groups is 1. The number of aromatic nitrogens is 1. The Morgan fingerprint density at radius 2 is 1.85 bits per heavy atom. The highest BCUT2D eigenvalue weighted by Gasteiger charge is 2.08. The highest BCUT2D eigenvalue weighted by atomic mass is 19.1. The average molecular weight is 269 g/mol. The van der Waals surface area contributed by atoms with Gasteiger partial charge in [-0.3, -0.25) is 0 Å². The monoisotopic (exact) mass is 269 g/mol. The summed E-state index contributed by atoms with van der Waals surface area (Å²) in [7, 11) is 0. The van der Waals surface area contributed by atoms with Crippen LogP contribution in [-0.4, -0.2) is 10.1 Å². The maximum absolute atomic E-state index is 13.6. The van der Waals surface area contributed by atoms with Crippen LogP contribution in [0.15, 0.2) is 54.6 Å². The Labute approximate surface area is 115 Å². The van der Waals surface area contributed by atoms with Crippen molar-refractivity contribution in [2.45, 2.75) is 6.61 Å². The summed E-state index contributed by atoms with van der Waals surface area (Å²) >= 11 is 0. The summed E-state index contributed by atoms with van der Waals surface area (Å²) in [6.07, 6.45) is 0. The lowest BCUT2D eigenvalue weighted by atomic mass is 10.2. The third-order valence-corrected chi connectivity index (χ3v) is 2.94. The SMILES string of the molecule is Oc1ccc2cc(F)cc(OCc3ccccc3)c2n1. The third kappa shape index (κ3) is 2.54. The Morgan fingerprint density at radius 3 is 2.65 bits per heavy atom. The molecule has 1 N–H and O–H groups in total. The van der Waals surface area contributed by atoms with Gasteiger partial charge in [0.05, 0.1) is 0 Å². The van der Waals surface area contributed by atoms with E-state index in [4.69, 9.17) is 4.74 Å². The Morgan fingerprint density at radius 1 is 1.05 bits per heavy atom. The quantitative estimate of drug-likeness (QED) is 0.789. The van der Waals surface area contributed by atoms with Crippen molar-refractivity contribution < 1.29 is 14.2 Å². The number of fused-ring (bicyclic) bond motifs is 1. The molecule has 0 bridgehead atoms. The zero-order valence-corrected chi connectivity index (χ0v) is 10.6. The molecular formula is C16H12FNO2. The second-order valence-electron chi connectivity index (χ2n) is 4.42. The number of pyridine rings is 1. The molecule has 3 rings (SSSR count). The van der Waals surface area contributed by atoms with Gasteiger partial charge in [-0.15, -0.1) is 0 Å². The molecule has 0 atom stereocenters. The van der Waals surface area contributed by atoms with Crippen LogP contribution < -0.4 is 4.74 Å². The molecule has 1 aromatic heterocycles. The first-order valence-electron chi connectivity index (χ1n) is 6.18. The highest BCUT2D eigenvalue weighted by Crippen LogP contribution is 2.27. The minimum absolute atomic E-state index is 0.117. The molecule has 0 spiro atoms. The third-order valence-electron chi connectivity index (χ3n) is 2.94. The van der Waals surface area contributed by atoms with Crippen LogP contribution >= 0.6 is 0 Å². The van der Waals surface area contributed by atoms with Crippen molar-refractivity contribution in [3.05, 3.63) is 66.0 Å². The molecule has 4 heteroatoms.